The lowest BCUT2D eigenvalue weighted by Crippen LogP contribution is -2.35. The smallest absolute Gasteiger partial charge is 0.338 e. The predicted molar refractivity (Wildman–Crippen MR) is 122 cm³/mol. The number of ether oxygens (including phenoxy) is 3. The average molecular weight is 463 g/mol. The Hall–Kier alpha value is -3.24. The summed E-state index contributed by atoms with van der Waals surface area (Å²) in [5.74, 6) is -2.72. The fourth-order valence-corrected chi connectivity index (χ4v) is 3.59. The zero-order valence-electron chi connectivity index (χ0n) is 17.7. The quantitative estimate of drug-likeness (QED) is 0.258. The molecular weight excluding hydrogens is 436 g/mol. The van der Waals surface area contributed by atoms with Crippen LogP contribution in [0, 0.1) is 11.8 Å². The highest BCUT2D eigenvalue weighted by molar-refractivity contribution is 7.80. The molecular formula is C22H26N2O7S. The molecule has 0 saturated carbocycles. The van der Waals surface area contributed by atoms with Gasteiger partial charge in [0.15, 0.2) is 5.05 Å². The van der Waals surface area contributed by atoms with E-state index < -0.39 is 34.9 Å². The van der Waals surface area contributed by atoms with Crippen molar-refractivity contribution in [2.24, 2.45) is 11.8 Å². The van der Waals surface area contributed by atoms with Gasteiger partial charge in [-0.2, -0.15) is 0 Å². The number of amides is 1. The van der Waals surface area contributed by atoms with Gasteiger partial charge in [0.05, 0.1) is 18.7 Å². The molecule has 0 spiro atoms. The lowest BCUT2D eigenvalue weighted by atomic mass is 9.90. The van der Waals surface area contributed by atoms with Gasteiger partial charge in [-0.05, 0) is 36.7 Å². The molecule has 1 aliphatic heterocycles. The number of hydrogen-bond donors (Lipinski definition) is 3. The highest BCUT2D eigenvalue weighted by Crippen LogP contribution is 2.27. The van der Waals surface area contributed by atoms with Gasteiger partial charge in [0.1, 0.15) is 24.9 Å². The Morgan fingerprint density at radius 2 is 1.94 bits per heavy atom. The zero-order valence-corrected chi connectivity index (χ0v) is 18.5. The standard InChI is InChI=1S/C22H26N2O7S/c1-4-6-30-20(26)13-8-15(11-16(9-13)29-3)24-19(25)17-10-14(12-23-17)18(22(28)32)21(27)31-7-5-2/h4-5,8-9,11,14,17-18,23H,1-2,6-7,10,12H2,3H3,(H,24,25)(H,28,32). The summed E-state index contributed by atoms with van der Waals surface area (Å²) in [6.45, 7) is 7.29. The first kappa shape index (κ1) is 25.0. The first-order valence-corrected chi connectivity index (χ1v) is 10.2. The van der Waals surface area contributed by atoms with Gasteiger partial charge >= 0.3 is 11.9 Å². The fourth-order valence-electron chi connectivity index (χ4n) is 3.30. The van der Waals surface area contributed by atoms with Crippen LogP contribution in [-0.4, -0.2) is 60.9 Å². The lowest BCUT2D eigenvalue weighted by molar-refractivity contribution is -0.146. The Labute approximate surface area is 191 Å². The molecule has 3 atom stereocenters. The maximum absolute atomic E-state index is 12.8. The van der Waals surface area contributed by atoms with Crippen molar-refractivity contribution >= 4 is 40.8 Å². The fraction of sp³-hybridized carbons (Fsp3) is 0.364. The van der Waals surface area contributed by atoms with Crippen LogP contribution in [-0.2, 0) is 19.1 Å². The topological polar surface area (TPSA) is 123 Å². The van der Waals surface area contributed by atoms with Crippen molar-refractivity contribution in [1.82, 2.24) is 5.32 Å². The van der Waals surface area contributed by atoms with E-state index in [9.17, 15) is 19.5 Å². The van der Waals surface area contributed by atoms with Crippen LogP contribution in [0.15, 0.2) is 43.5 Å². The maximum Gasteiger partial charge on any atom is 0.338 e. The van der Waals surface area contributed by atoms with Gasteiger partial charge in [-0.25, -0.2) is 4.79 Å². The summed E-state index contributed by atoms with van der Waals surface area (Å²) in [6, 6.07) is 3.88. The molecule has 3 unspecified atom stereocenters. The van der Waals surface area contributed by atoms with Crippen LogP contribution >= 0.6 is 12.2 Å². The van der Waals surface area contributed by atoms with Gasteiger partial charge in [-0.1, -0.05) is 25.3 Å². The molecule has 2 rings (SSSR count). The number of esters is 2. The van der Waals surface area contributed by atoms with Crippen molar-refractivity contribution in [3.05, 3.63) is 49.1 Å². The minimum atomic E-state index is -1.03. The molecule has 1 amide bonds. The average Bonchev–Trinajstić information content (AvgIpc) is 3.25. The van der Waals surface area contributed by atoms with E-state index in [-0.39, 0.29) is 37.6 Å². The number of aliphatic hydroxyl groups is 1. The van der Waals surface area contributed by atoms with Crippen LogP contribution in [0.1, 0.15) is 16.8 Å². The van der Waals surface area contributed by atoms with E-state index in [2.05, 4.69) is 23.8 Å². The number of hydrogen-bond acceptors (Lipinski definition) is 8. The number of benzene rings is 1. The van der Waals surface area contributed by atoms with Crippen LogP contribution in [0.25, 0.3) is 0 Å². The number of nitrogens with one attached hydrogen (secondary N) is 2. The number of rotatable bonds is 11. The van der Waals surface area contributed by atoms with Crippen molar-refractivity contribution in [2.75, 3.05) is 32.2 Å². The van der Waals surface area contributed by atoms with Gasteiger partial charge < -0.3 is 30.0 Å². The normalized spacial score (nSPS) is 18.2. The van der Waals surface area contributed by atoms with Gasteiger partial charge in [0.2, 0.25) is 5.91 Å². The monoisotopic (exact) mass is 462 g/mol. The van der Waals surface area contributed by atoms with Gasteiger partial charge in [0, 0.05) is 18.3 Å². The second-order valence-electron chi connectivity index (χ2n) is 7.02. The molecule has 0 bridgehead atoms. The Kier molecular flexibility index (Phi) is 9.36. The molecule has 0 radical (unpaired) electrons. The van der Waals surface area contributed by atoms with Crippen molar-refractivity contribution in [3.8, 4) is 5.75 Å². The second kappa shape index (κ2) is 12.0. The summed E-state index contributed by atoms with van der Waals surface area (Å²) in [6.07, 6.45) is 3.11. The Balaban J connectivity index is 2.09. The molecule has 1 aromatic rings. The van der Waals surface area contributed by atoms with Crippen molar-refractivity contribution in [1.29, 1.82) is 0 Å². The SMILES string of the molecule is C=CCOC(=O)c1cc(NC(=O)C2CC(C(C(=O)OCC=C)C(O)=S)CN2)cc(OC)c1. The van der Waals surface area contributed by atoms with E-state index >= 15 is 0 Å². The van der Waals surface area contributed by atoms with E-state index in [1.54, 1.807) is 6.07 Å². The van der Waals surface area contributed by atoms with Crippen molar-refractivity contribution in [3.63, 3.8) is 0 Å². The van der Waals surface area contributed by atoms with Crippen LogP contribution in [0.2, 0.25) is 0 Å². The Morgan fingerprint density at radius 3 is 2.56 bits per heavy atom. The van der Waals surface area contributed by atoms with Gasteiger partial charge in [0.25, 0.3) is 0 Å². The molecule has 1 saturated heterocycles. The largest absolute Gasteiger partial charge is 0.501 e. The molecule has 1 fully saturated rings. The number of carbonyl (C=O) groups is 3. The molecule has 9 nitrogen and oxygen atoms in total. The molecule has 32 heavy (non-hydrogen) atoms. The van der Waals surface area contributed by atoms with E-state index in [1.165, 1.54) is 31.4 Å². The summed E-state index contributed by atoms with van der Waals surface area (Å²) >= 11 is 4.82. The second-order valence-corrected chi connectivity index (χ2v) is 7.44. The minimum absolute atomic E-state index is 0.00455. The minimum Gasteiger partial charge on any atom is -0.501 e. The first-order chi connectivity index (χ1) is 15.3. The summed E-state index contributed by atoms with van der Waals surface area (Å²) in [5, 5.41) is 15.1. The van der Waals surface area contributed by atoms with E-state index in [4.69, 9.17) is 26.4 Å². The van der Waals surface area contributed by atoms with Crippen LogP contribution < -0.4 is 15.4 Å². The first-order valence-electron chi connectivity index (χ1n) is 9.82. The van der Waals surface area contributed by atoms with Gasteiger partial charge in [-0.15, -0.1) is 0 Å². The molecule has 0 aliphatic carbocycles. The summed E-state index contributed by atoms with van der Waals surface area (Å²) in [5.41, 5.74) is 0.541. The third kappa shape index (κ3) is 6.63. The number of aliphatic hydroxyl groups excluding tert-OH is 1. The predicted octanol–water partition coefficient (Wildman–Crippen LogP) is 2.19. The highest BCUT2D eigenvalue weighted by Gasteiger charge is 2.40. The number of carbonyl (C=O) groups excluding carboxylic acids is 3. The molecule has 1 aliphatic rings. The lowest BCUT2D eigenvalue weighted by Gasteiger charge is -2.19. The van der Waals surface area contributed by atoms with Crippen molar-refractivity contribution in [2.45, 2.75) is 12.5 Å². The van der Waals surface area contributed by atoms with E-state index in [1.807, 2.05) is 0 Å². The molecule has 172 valence electrons. The van der Waals surface area contributed by atoms with E-state index in [0.717, 1.165) is 0 Å². The zero-order chi connectivity index (χ0) is 23.7. The van der Waals surface area contributed by atoms with Crippen LogP contribution in [0.4, 0.5) is 5.69 Å². The van der Waals surface area contributed by atoms with Crippen LogP contribution in [0.3, 0.4) is 0 Å². The van der Waals surface area contributed by atoms with Gasteiger partial charge in [-0.3, -0.25) is 9.59 Å². The molecule has 0 aromatic heterocycles. The summed E-state index contributed by atoms with van der Waals surface area (Å²) < 4.78 is 15.2. The Morgan fingerprint density at radius 1 is 1.25 bits per heavy atom. The van der Waals surface area contributed by atoms with Crippen molar-refractivity contribution < 1.29 is 33.7 Å². The highest BCUT2D eigenvalue weighted by atomic mass is 32.1. The molecule has 3 N–H and O–H groups in total. The number of methoxy groups -OCH3 is 1. The number of anilines is 1. The van der Waals surface area contributed by atoms with E-state index in [0.29, 0.717) is 11.4 Å². The molecule has 1 heterocycles. The molecule has 1 aromatic carbocycles. The summed E-state index contributed by atoms with van der Waals surface area (Å²) in [7, 11) is 1.44. The number of thiocarbonyl (C=S) groups is 1. The summed E-state index contributed by atoms with van der Waals surface area (Å²) in [4.78, 5) is 37.2. The third-order valence-electron chi connectivity index (χ3n) is 4.79. The Bertz CT molecular complexity index is 902. The third-order valence-corrected chi connectivity index (χ3v) is 5.05. The maximum atomic E-state index is 12.8. The van der Waals surface area contributed by atoms with Crippen LogP contribution in [0.5, 0.6) is 5.75 Å². The molecule has 10 heteroatoms.